The van der Waals surface area contributed by atoms with Gasteiger partial charge < -0.3 is 26.5 Å². The molecule has 2 aliphatic rings. The number of nitrogen functional groups attached to an aromatic ring is 1. The number of oxime groups is 1. The van der Waals surface area contributed by atoms with Crippen molar-refractivity contribution in [1.82, 2.24) is 30.0 Å². The lowest BCUT2D eigenvalue weighted by molar-refractivity contribution is -0.150. The number of rotatable bonds is 8. The van der Waals surface area contributed by atoms with Gasteiger partial charge in [0, 0.05) is 23.9 Å². The summed E-state index contributed by atoms with van der Waals surface area (Å²) in [5, 5.41) is 39.2. The zero-order chi connectivity index (χ0) is 24.6. The fraction of sp³-hybridized carbons (Fsp3) is 0.353. The van der Waals surface area contributed by atoms with E-state index in [-0.39, 0.29) is 34.7 Å². The second-order valence-electron chi connectivity index (χ2n) is 7.02. The van der Waals surface area contributed by atoms with Crippen LogP contribution >= 0.6 is 34.9 Å². The molecular formula is C17H18N8O6S3. The number of nitrogens with two attached hydrogens (primary N) is 1. The molecule has 0 saturated carbocycles. The van der Waals surface area contributed by atoms with Crippen molar-refractivity contribution in [3.63, 3.8) is 0 Å². The van der Waals surface area contributed by atoms with Crippen LogP contribution in [0.1, 0.15) is 11.5 Å². The summed E-state index contributed by atoms with van der Waals surface area (Å²) in [6.07, 6.45) is 0. The van der Waals surface area contributed by atoms with Gasteiger partial charge in [-0.05, 0) is 5.57 Å². The molecule has 2 aliphatic heterocycles. The summed E-state index contributed by atoms with van der Waals surface area (Å²) in [4.78, 5) is 46.6. The Balaban J connectivity index is 1.48. The molecule has 0 radical (unpaired) electrons. The van der Waals surface area contributed by atoms with Gasteiger partial charge in [0.05, 0.1) is 0 Å². The Morgan fingerprint density at radius 2 is 2.18 bits per heavy atom. The maximum absolute atomic E-state index is 12.8. The second kappa shape index (κ2) is 9.61. The van der Waals surface area contributed by atoms with E-state index in [1.54, 1.807) is 7.05 Å². The first-order chi connectivity index (χ1) is 16.2. The quantitative estimate of drug-likeness (QED) is 0.0927. The number of carbonyl (C=O) groups excluding carboxylic acids is 2. The Labute approximate surface area is 203 Å². The van der Waals surface area contributed by atoms with Crippen molar-refractivity contribution < 1.29 is 29.8 Å². The zero-order valence-corrected chi connectivity index (χ0v) is 19.9. The third-order valence-corrected chi connectivity index (χ3v) is 8.02. The average Bonchev–Trinajstić information content (AvgIpc) is 3.40. The minimum atomic E-state index is -1.26. The fourth-order valence-electron chi connectivity index (χ4n) is 3.38. The summed E-state index contributed by atoms with van der Waals surface area (Å²) in [6.45, 7) is -0.317. The van der Waals surface area contributed by atoms with Crippen LogP contribution in [-0.4, -0.2) is 86.5 Å². The molecule has 2 atom stereocenters. The molecule has 0 aliphatic carbocycles. The molecule has 0 spiro atoms. The number of carboxylic acids is 1. The van der Waals surface area contributed by atoms with Gasteiger partial charge in [0.25, 0.3) is 11.8 Å². The van der Waals surface area contributed by atoms with E-state index in [0.29, 0.717) is 16.5 Å². The number of aliphatic hydroxyl groups is 1. The minimum Gasteiger partial charge on any atom is -0.477 e. The molecule has 17 heteroatoms. The molecule has 6 N–H and O–H groups in total. The number of hydrogen-bond donors (Lipinski definition) is 5. The Hall–Kier alpha value is -3.15. The molecule has 14 nitrogen and oxygen atoms in total. The third kappa shape index (κ3) is 4.33. The van der Waals surface area contributed by atoms with Crippen molar-refractivity contribution in [2.45, 2.75) is 23.2 Å². The molecule has 1 fully saturated rings. The largest absolute Gasteiger partial charge is 0.477 e. The van der Waals surface area contributed by atoms with Gasteiger partial charge in [-0.1, -0.05) is 16.9 Å². The smallest absolute Gasteiger partial charge is 0.352 e. The first-order valence-corrected chi connectivity index (χ1v) is 12.4. The van der Waals surface area contributed by atoms with Gasteiger partial charge >= 0.3 is 5.97 Å². The summed E-state index contributed by atoms with van der Waals surface area (Å²) in [7, 11) is 1.66. The van der Waals surface area contributed by atoms with Crippen LogP contribution < -0.4 is 11.1 Å². The van der Waals surface area contributed by atoms with Crippen LogP contribution in [0, 0.1) is 0 Å². The monoisotopic (exact) mass is 526 g/mol. The van der Waals surface area contributed by atoms with E-state index < -0.39 is 34.9 Å². The number of β-lactam (4-membered cyclic amide) rings is 1. The van der Waals surface area contributed by atoms with E-state index >= 15 is 0 Å². The third-order valence-electron chi connectivity index (χ3n) is 4.90. The Morgan fingerprint density at radius 1 is 1.41 bits per heavy atom. The van der Waals surface area contributed by atoms with Crippen LogP contribution in [0.15, 0.2) is 27.0 Å². The molecule has 4 rings (SSSR count). The lowest BCUT2D eigenvalue weighted by atomic mass is 10.0. The summed E-state index contributed by atoms with van der Waals surface area (Å²) >= 11 is 3.59. The highest BCUT2D eigenvalue weighted by molar-refractivity contribution is 8.01. The average molecular weight is 527 g/mol. The van der Waals surface area contributed by atoms with Gasteiger partial charge in [-0.15, -0.1) is 23.1 Å². The summed E-state index contributed by atoms with van der Waals surface area (Å²) in [6, 6.07) is -1.00. The van der Waals surface area contributed by atoms with E-state index in [4.69, 9.17) is 10.8 Å². The van der Waals surface area contributed by atoms with E-state index in [2.05, 4.69) is 25.5 Å². The van der Waals surface area contributed by atoms with E-state index in [0.717, 1.165) is 16.2 Å². The number of nitrogens with one attached hydrogen (secondary N) is 1. The number of thiazole rings is 1. The highest BCUT2D eigenvalue weighted by Crippen LogP contribution is 2.41. The zero-order valence-electron chi connectivity index (χ0n) is 17.4. The van der Waals surface area contributed by atoms with Crippen LogP contribution in [-0.2, 0) is 28.0 Å². The van der Waals surface area contributed by atoms with Gasteiger partial charge in [-0.25, -0.2) is 19.4 Å². The van der Waals surface area contributed by atoms with E-state index in [1.165, 1.54) is 33.6 Å². The van der Waals surface area contributed by atoms with Gasteiger partial charge in [0.15, 0.2) is 21.8 Å². The lowest BCUT2D eigenvalue weighted by Crippen LogP contribution is -2.71. The Bertz CT molecular complexity index is 1220. The number of anilines is 1. The number of thioether (sulfide) groups is 2. The van der Waals surface area contributed by atoms with Crippen molar-refractivity contribution in [3.05, 3.63) is 28.2 Å². The van der Waals surface area contributed by atoms with Crippen LogP contribution in [0.2, 0.25) is 0 Å². The highest BCUT2D eigenvalue weighted by Gasteiger charge is 2.54. The number of amides is 2. The number of aromatic nitrogens is 4. The molecule has 2 aromatic heterocycles. The van der Waals surface area contributed by atoms with Crippen molar-refractivity contribution >= 4 is 63.5 Å². The van der Waals surface area contributed by atoms with Gasteiger partial charge in [0.2, 0.25) is 0 Å². The molecular weight excluding hydrogens is 508 g/mol. The highest BCUT2D eigenvalue weighted by atomic mass is 32.2. The number of fused-ring (bicyclic) bond motifs is 1. The Morgan fingerprint density at radius 3 is 2.76 bits per heavy atom. The molecule has 4 heterocycles. The predicted octanol–water partition coefficient (Wildman–Crippen LogP) is -0.945. The molecule has 0 aromatic carbocycles. The van der Waals surface area contributed by atoms with Gasteiger partial charge in [-0.2, -0.15) is 5.10 Å². The summed E-state index contributed by atoms with van der Waals surface area (Å²) in [5.74, 6) is -1.89. The SMILES string of the molecule is Cn1nc(CO)nc1SCC1=C(C(=O)O)N2C(=O)C(NC(=O)/C(=N/O)c3csc(N)n3)C2SC1. The van der Waals surface area contributed by atoms with Crippen LogP contribution in [0.5, 0.6) is 0 Å². The molecule has 2 amide bonds. The number of aryl methyl sites for hydroxylation is 1. The van der Waals surface area contributed by atoms with Crippen LogP contribution in [0.3, 0.4) is 0 Å². The van der Waals surface area contributed by atoms with Crippen molar-refractivity contribution in [2.24, 2.45) is 12.2 Å². The number of carboxylic acid groups (broad SMARTS) is 1. The topological polar surface area (TPSA) is 209 Å². The van der Waals surface area contributed by atoms with Crippen LogP contribution in [0.25, 0.3) is 0 Å². The first-order valence-electron chi connectivity index (χ1n) is 9.53. The predicted molar refractivity (Wildman–Crippen MR) is 122 cm³/mol. The molecule has 2 aromatic rings. The lowest BCUT2D eigenvalue weighted by Gasteiger charge is -2.49. The number of aliphatic hydroxyl groups excluding tert-OH is 1. The number of nitrogens with zero attached hydrogens (tertiary/aromatic N) is 6. The normalized spacial score (nSPS) is 20.2. The van der Waals surface area contributed by atoms with Crippen molar-refractivity contribution in [2.75, 3.05) is 17.2 Å². The molecule has 34 heavy (non-hydrogen) atoms. The summed E-state index contributed by atoms with van der Waals surface area (Å²) < 4.78 is 1.48. The standard InChI is InChI=1S/C17H18N8O6S3/c1-24-17(20-8(2-26)22-24)34-4-6-3-32-14-10(13(28)25(14)11(6)15(29)30)21-12(27)9(23-31)7-5-33-16(18)19-7/h5,10,14,26,31H,2-4H2,1H3,(H2,18,19)(H,21,27)(H,29,30)/b23-9+. The fourth-order valence-corrected chi connectivity index (χ4v) is 6.34. The Kier molecular flexibility index (Phi) is 6.78. The maximum Gasteiger partial charge on any atom is 0.352 e. The minimum absolute atomic E-state index is 0.0565. The first kappa shape index (κ1) is 24.0. The summed E-state index contributed by atoms with van der Waals surface area (Å²) in [5.41, 5.74) is 5.57. The van der Waals surface area contributed by atoms with Crippen molar-refractivity contribution in [3.8, 4) is 0 Å². The number of hydrogen-bond acceptors (Lipinski definition) is 13. The van der Waals surface area contributed by atoms with Gasteiger partial charge in [-0.3, -0.25) is 14.5 Å². The second-order valence-corrected chi connectivity index (χ2v) is 9.96. The number of aliphatic carboxylic acids is 1. The number of carbonyl (C=O) groups is 3. The van der Waals surface area contributed by atoms with E-state index in [1.807, 2.05) is 0 Å². The maximum atomic E-state index is 12.8. The molecule has 1 saturated heterocycles. The van der Waals surface area contributed by atoms with Gasteiger partial charge in [0.1, 0.15) is 29.4 Å². The van der Waals surface area contributed by atoms with Crippen LogP contribution in [0.4, 0.5) is 5.13 Å². The molecule has 2 unspecified atom stereocenters. The molecule has 180 valence electrons. The van der Waals surface area contributed by atoms with E-state index in [9.17, 15) is 24.7 Å². The molecule has 0 bridgehead atoms. The van der Waals surface area contributed by atoms with Crippen molar-refractivity contribution in [1.29, 1.82) is 0 Å².